The number of para-hydroxylation sites is 1. The number of nitrogens with one attached hydrogen (secondary N) is 1. The third-order valence-electron chi connectivity index (χ3n) is 4.63. The van der Waals surface area contributed by atoms with Crippen LogP contribution in [0.5, 0.6) is 0 Å². The number of fused-ring (bicyclic) bond motifs is 1. The van der Waals surface area contributed by atoms with Gasteiger partial charge in [-0.3, -0.25) is 4.79 Å². The number of amides is 1. The largest absolute Gasteiger partial charge is 0.352 e. The average molecular weight is 404 g/mol. The third-order valence-corrected chi connectivity index (χ3v) is 5.66. The van der Waals surface area contributed by atoms with Crippen molar-refractivity contribution in [2.24, 2.45) is 0 Å². The maximum atomic E-state index is 12.1. The van der Waals surface area contributed by atoms with Crippen LogP contribution in [0.3, 0.4) is 0 Å². The Morgan fingerprint density at radius 1 is 1.21 bits per heavy atom. The van der Waals surface area contributed by atoms with Crippen molar-refractivity contribution in [1.29, 1.82) is 5.26 Å². The van der Waals surface area contributed by atoms with Crippen LogP contribution in [-0.2, 0) is 17.1 Å². The Balaban J connectivity index is 1.49. The fourth-order valence-electron chi connectivity index (χ4n) is 3.11. The van der Waals surface area contributed by atoms with Gasteiger partial charge in [-0.05, 0) is 24.6 Å². The van der Waals surface area contributed by atoms with Crippen molar-refractivity contribution in [3.63, 3.8) is 0 Å². The van der Waals surface area contributed by atoms with E-state index in [1.165, 1.54) is 11.1 Å². The predicted octanol–water partition coefficient (Wildman–Crippen LogP) is 4.93. The number of rotatable bonds is 9. The van der Waals surface area contributed by atoms with Crippen LogP contribution in [-0.4, -0.2) is 22.8 Å². The molecule has 0 unspecified atom stereocenters. The maximum absolute atomic E-state index is 12.1. The van der Waals surface area contributed by atoms with Crippen molar-refractivity contribution in [1.82, 2.24) is 9.88 Å². The van der Waals surface area contributed by atoms with Crippen LogP contribution in [0.4, 0.5) is 0 Å². The number of carbonyl (C=O) groups is 1. The molecule has 0 atom stereocenters. The van der Waals surface area contributed by atoms with E-state index in [-0.39, 0.29) is 5.91 Å². The van der Waals surface area contributed by atoms with E-state index in [0.717, 1.165) is 28.0 Å². The minimum absolute atomic E-state index is 0.0882. The highest BCUT2D eigenvalue weighted by molar-refractivity contribution is 7.98. The van der Waals surface area contributed by atoms with Crippen LogP contribution >= 0.6 is 11.8 Å². The molecular formula is C24H25N3OS. The lowest BCUT2D eigenvalue weighted by Crippen LogP contribution is -2.23. The molecule has 0 aliphatic rings. The van der Waals surface area contributed by atoms with Gasteiger partial charge in [-0.15, -0.1) is 0 Å². The number of hydrogen-bond acceptors (Lipinski definition) is 3. The van der Waals surface area contributed by atoms with Crippen LogP contribution in [0.25, 0.3) is 17.0 Å². The molecule has 0 aliphatic heterocycles. The Morgan fingerprint density at radius 3 is 2.79 bits per heavy atom. The first-order valence-corrected chi connectivity index (χ1v) is 10.9. The van der Waals surface area contributed by atoms with E-state index in [1.54, 1.807) is 6.08 Å². The van der Waals surface area contributed by atoms with Crippen molar-refractivity contribution in [3.8, 4) is 6.07 Å². The highest BCUT2D eigenvalue weighted by atomic mass is 32.2. The van der Waals surface area contributed by atoms with Crippen LogP contribution in [0, 0.1) is 18.3 Å². The molecule has 29 heavy (non-hydrogen) atoms. The minimum Gasteiger partial charge on any atom is -0.352 e. The first kappa shape index (κ1) is 20.8. The summed E-state index contributed by atoms with van der Waals surface area (Å²) in [4.78, 5) is 12.1. The van der Waals surface area contributed by atoms with Crippen molar-refractivity contribution in [2.45, 2.75) is 25.6 Å². The first-order chi connectivity index (χ1) is 14.2. The highest BCUT2D eigenvalue weighted by Gasteiger charge is 2.06. The van der Waals surface area contributed by atoms with E-state index in [4.69, 9.17) is 5.26 Å². The molecule has 3 rings (SSSR count). The first-order valence-electron chi connectivity index (χ1n) is 9.71. The summed E-state index contributed by atoms with van der Waals surface area (Å²) in [7, 11) is 0. The molecule has 1 aromatic heterocycles. The van der Waals surface area contributed by atoms with Gasteiger partial charge in [0, 0.05) is 53.3 Å². The lowest BCUT2D eigenvalue weighted by atomic mass is 10.1. The summed E-state index contributed by atoms with van der Waals surface area (Å²) in [6, 6.07) is 18.8. The monoisotopic (exact) mass is 403 g/mol. The molecule has 1 amide bonds. The van der Waals surface area contributed by atoms with Gasteiger partial charge < -0.3 is 9.88 Å². The van der Waals surface area contributed by atoms with Crippen molar-refractivity contribution in [3.05, 3.63) is 77.5 Å². The Morgan fingerprint density at radius 2 is 2.00 bits per heavy atom. The van der Waals surface area contributed by atoms with Crippen LogP contribution in [0.15, 0.2) is 60.8 Å². The average Bonchev–Trinajstić information content (AvgIpc) is 3.09. The van der Waals surface area contributed by atoms with E-state index >= 15 is 0 Å². The molecule has 2 aromatic carbocycles. The summed E-state index contributed by atoms with van der Waals surface area (Å²) >= 11 is 1.81. The number of hydrogen-bond donors (Lipinski definition) is 1. The van der Waals surface area contributed by atoms with E-state index in [0.29, 0.717) is 19.5 Å². The summed E-state index contributed by atoms with van der Waals surface area (Å²) < 4.78 is 2.07. The molecule has 0 spiro atoms. The number of aromatic nitrogens is 1. The molecule has 0 saturated carbocycles. The molecule has 5 heteroatoms. The summed E-state index contributed by atoms with van der Waals surface area (Å²) in [5.41, 5.74) is 4.64. The second-order valence-electron chi connectivity index (χ2n) is 6.87. The van der Waals surface area contributed by atoms with Gasteiger partial charge in [0.2, 0.25) is 5.91 Å². The zero-order valence-electron chi connectivity index (χ0n) is 16.6. The van der Waals surface area contributed by atoms with Gasteiger partial charge in [0.15, 0.2) is 0 Å². The second-order valence-corrected chi connectivity index (χ2v) is 7.97. The summed E-state index contributed by atoms with van der Waals surface area (Å²) in [6.07, 6.45) is 5.90. The molecule has 0 fully saturated rings. The van der Waals surface area contributed by atoms with Gasteiger partial charge in [-0.25, -0.2) is 0 Å². The fourth-order valence-corrected chi connectivity index (χ4v) is 3.93. The zero-order valence-corrected chi connectivity index (χ0v) is 17.4. The Bertz CT molecular complexity index is 1030. The summed E-state index contributed by atoms with van der Waals surface area (Å²) in [5.74, 6) is 1.74. The predicted molar refractivity (Wildman–Crippen MR) is 122 cm³/mol. The van der Waals surface area contributed by atoms with Gasteiger partial charge in [-0.2, -0.15) is 17.0 Å². The van der Waals surface area contributed by atoms with E-state index in [1.807, 2.05) is 48.3 Å². The zero-order chi connectivity index (χ0) is 20.5. The molecule has 0 saturated heterocycles. The number of thioether (sulfide) groups is 1. The normalized spacial score (nSPS) is 11.0. The quantitative estimate of drug-likeness (QED) is 0.407. The topological polar surface area (TPSA) is 57.8 Å². The van der Waals surface area contributed by atoms with Gasteiger partial charge in [0.25, 0.3) is 0 Å². The minimum atomic E-state index is -0.0882. The van der Waals surface area contributed by atoms with Gasteiger partial charge in [-0.1, -0.05) is 48.0 Å². The lowest BCUT2D eigenvalue weighted by molar-refractivity contribution is -0.116. The molecule has 4 nitrogen and oxygen atoms in total. The van der Waals surface area contributed by atoms with Crippen molar-refractivity contribution in [2.75, 3.05) is 12.3 Å². The SMILES string of the molecule is Cc1ccc(CSCCNC(=O)/C=C/c2cn(CCC#N)c3ccccc23)cc1. The van der Waals surface area contributed by atoms with E-state index < -0.39 is 0 Å². The number of benzene rings is 2. The van der Waals surface area contributed by atoms with Crippen molar-refractivity contribution >= 4 is 34.6 Å². The molecule has 0 bridgehead atoms. The molecule has 1 heterocycles. The lowest BCUT2D eigenvalue weighted by Gasteiger charge is -2.03. The Kier molecular flexibility index (Phi) is 7.54. The van der Waals surface area contributed by atoms with Crippen LogP contribution in [0.2, 0.25) is 0 Å². The molecule has 0 radical (unpaired) electrons. The smallest absolute Gasteiger partial charge is 0.244 e. The Labute approximate surface area is 176 Å². The van der Waals surface area contributed by atoms with Gasteiger partial charge in [0.1, 0.15) is 0 Å². The second kappa shape index (κ2) is 10.5. The summed E-state index contributed by atoms with van der Waals surface area (Å²) in [5, 5.41) is 12.9. The van der Waals surface area contributed by atoms with Crippen LogP contribution < -0.4 is 5.32 Å². The fraction of sp³-hybridized carbons (Fsp3) is 0.250. The van der Waals surface area contributed by atoms with Crippen LogP contribution in [0.1, 0.15) is 23.1 Å². The van der Waals surface area contributed by atoms with E-state index in [9.17, 15) is 4.79 Å². The molecule has 0 aliphatic carbocycles. The molecule has 148 valence electrons. The molecule has 1 N–H and O–H groups in total. The number of nitriles is 1. The molecule has 3 aromatic rings. The number of aryl methyl sites for hydroxylation is 2. The molecular weight excluding hydrogens is 378 g/mol. The summed E-state index contributed by atoms with van der Waals surface area (Å²) in [6.45, 7) is 3.38. The third kappa shape index (κ3) is 6.00. The maximum Gasteiger partial charge on any atom is 0.244 e. The van der Waals surface area contributed by atoms with Crippen molar-refractivity contribution < 1.29 is 4.79 Å². The highest BCUT2D eigenvalue weighted by Crippen LogP contribution is 2.22. The number of nitrogens with zero attached hydrogens (tertiary/aromatic N) is 2. The number of carbonyl (C=O) groups excluding carboxylic acids is 1. The van der Waals surface area contributed by atoms with E-state index in [2.05, 4.69) is 47.1 Å². The van der Waals surface area contributed by atoms with Gasteiger partial charge >= 0.3 is 0 Å². The van der Waals surface area contributed by atoms with Gasteiger partial charge in [0.05, 0.1) is 12.5 Å². The Hall–Kier alpha value is -2.97. The standard InChI is InChI=1S/C24H25N3OS/c1-19-7-9-20(10-8-19)18-29-16-14-26-24(28)12-11-21-17-27(15-4-13-25)23-6-3-2-5-22(21)23/h2-3,5-12,17H,4,14-16,18H2,1H3,(H,26,28)/b12-11+.